The number of hydrogen-bond acceptors (Lipinski definition) is 5. The van der Waals surface area contributed by atoms with E-state index in [-0.39, 0.29) is 18.0 Å². The Morgan fingerprint density at radius 3 is 2.58 bits per heavy atom. The van der Waals surface area contributed by atoms with E-state index in [9.17, 15) is 9.59 Å². The molecule has 0 radical (unpaired) electrons. The first-order valence-electron chi connectivity index (χ1n) is 10.5. The van der Waals surface area contributed by atoms with Crippen LogP contribution in [0.5, 0.6) is 0 Å². The van der Waals surface area contributed by atoms with Crippen LogP contribution in [0.2, 0.25) is 0 Å². The van der Waals surface area contributed by atoms with Crippen LogP contribution < -0.4 is 5.32 Å². The highest BCUT2D eigenvalue weighted by atomic mass is 32.1. The standard InChI is InChI=1S/C23H28N4O3S/c1-23(2,3)30-22(29)27-11-9-16(10-12-27)24-20(28)17-14-31-21(25-17)19-13-15-7-5-6-8-18(15)26(19)4/h5-8,13-14,16H,9-12H2,1-4H3,(H,24,28). The summed E-state index contributed by atoms with van der Waals surface area (Å²) in [5.41, 5.74) is 2.06. The van der Waals surface area contributed by atoms with Crippen LogP contribution in [0.3, 0.4) is 0 Å². The zero-order valence-corrected chi connectivity index (χ0v) is 19.2. The number of para-hydroxylation sites is 1. The fraction of sp³-hybridized carbons (Fsp3) is 0.435. The van der Waals surface area contributed by atoms with Crippen molar-refractivity contribution in [2.45, 2.75) is 45.3 Å². The summed E-state index contributed by atoms with van der Waals surface area (Å²) in [4.78, 5) is 31.2. The Balaban J connectivity index is 1.37. The van der Waals surface area contributed by atoms with Crippen LogP contribution in [0.4, 0.5) is 4.79 Å². The van der Waals surface area contributed by atoms with E-state index in [0.717, 1.165) is 21.6 Å². The average Bonchev–Trinajstić information content (AvgIpc) is 3.33. The third-order valence-corrected chi connectivity index (χ3v) is 6.25. The number of nitrogens with one attached hydrogen (secondary N) is 1. The quantitative estimate of drug-likeness (QED) is 0.654. The van der Waals surface area contributed by atoms with E-state index in [2.05, 4.69) is 33.1 Å². The van der Waals surface area contributed by atoms with Crippen molar-refractivity contribution in [3.8, 4) is 10.7 Å². The van der Waals surface area contributed by atoms with Crippen molar-refractivity contribution < 1.29 is 14.3 Å². The fourth-order valence-electron chi connectivity index (χ4n) is 3.78. The second kappa shape index (κ2) is 8.34. The Hall–Kier alpha value is -2.87. The Labute approximate surface area is 186 Å². The van der Waals surface area contributed by atoms with Gasteiger partial charge < -0.3 is 19.5 Å². The van der Waals surface area contributed by atoms with E-state index in [1.807, 2.05) is 40.0 Å². The number of hydrogen-bond donors (Lipinski definition) is 1. The number of piperidine rings is 1. The van der Waals surface area contributed by atoms with Gasteiger partial charge in [-0.1, -0.05) is 18.2 Å². The number of fused-ring (bicyclic) bond motifs is 1. The van der Waals surface area contributed by atoms with Crippen molar-refractivity contribution in [3.63, 3.8) is 0 Å². The number of amides is 2. The second-order valence-electron chi connectivity index (χ2n) is 8.90. The summed E-state index contributed by atoms with van der Waals surface area (Å²) >= 11 is 1.47. The molecule has 0 bridgehead atoms. The largest absolute Gasteiger partial charge is 0.444 e. The molecule has 1 aliphatic rings. The van der Waals surface area contributed by atoms with E-state index in [4.69, 9.17) is 4.74 Å². The molecule has 0 aliphatic carbocycles. The molecular weight excluding hydrogens is 412 g/mol. The average molecular weight is 441 g/mol. The van der Waals surface area contributed by atoms with Gasteiger partial charge in [-0.15, -0.1) is 11.3 Å². The number of thiazole rings is 1. The highest BCUT2D eigenvalue weighted by molar-refractivity contribution is 7.13. The van der Waals surface area contributed by atoms with Crippen LogP contribution in [0.1, 0.15) is 44.1 Å². The van der Waals surface area contributed by atoms with Gasteiger partial charge in [-0.05, 0) is 45.7 Å². The Bertz CT molecular complexity index is 1100. The number of rotatable bonds is 3. The smallest absolute Gasteiger partial charge is 0.410 e. The maximum atomic E-state index is 12.7. The number of likely N-dealkylation sites (tertiary alicyclic amines) is 1. The van der Waals surface area contributed by atoms with E-state index < -0.39 is 5.60 Å². The van der Waals surface area contributed by atoms with Gasteiger partial charge in [-0.25, -0.2) is 9.78 Å². The minimum atomic E-state index is -0.505. The van der Waals surface area contributed by atoms with Crippen LogP contribution in [-0.4, -0.2) is 51.2 Å². The summed E-state index contributed by atoms with van der Waals surface area (Å²) in [5.74, 6) is -0.169. The zero-order valence-electron chi connectivity index (χ0n) is 18.3. The number of ether oxygens (including phenoxy) is 1. The Kier molecular flexibility index (Phi) is 5.75. The molecule has 2 amide bonds. The lowest BCUT2D eigenvalue weighted by Crippen LogP contribution is -2.47. The lowest BCUT2D eigenvalue weighted by molar-refractivity contribution is 0.0199. The van der Waals surface area contributed by atoms with Gasteiger partial charge in [-0.2, -0.15) is 0 Å². The fourth-order valence-corrected chi connectivity index (χ4v) is 4.63. The maximum Gasteiger partial charge on any atom is 0.410 e. The number of carbonyl (C=O) groups excluding carboxylic acids is 2. The van der Waals surface area contributed by atoms with Crippen LogP contribution in [-0.2, 0) is 11.8 Å². The Morgan fingerprint density at radius 2 is 1.90 bits per heavy atom. The molecule has 1 fully saturated rings. The molecule has 0 unspecified atom stereocenters. The van der Waals surface area contributed by atoms with Crippen LogP contribution in [0, 0.1) is 0 Å². The van der Waals surface area contributed by atoms with Crippen molar-refractivity contribution in [2.75, 3.05) is 13.1 Å². The SMILES string of the molecule is Cn1c(-c2nc(C(=O)NC3CCN(C(=O)OC(C)(C)C)CC3)cs2)cc2ccccc21. The molecule has 164 valence electrons. The summed E-state index contributed by atoms with van der Waals surface area (Å²) in [6.45, 7) is 6.71. The first-order valence-corrected chi connectivity index (χ1v) is 11.4. The van der Waals surface area contributed by atoms with Gasteiger partial charge in [0, 0.05) is 42.5 Å². The molecule has 3 aromatic rings. The van der Waals surface area contributed by atoms with Crippen LogP contribution in [0.15, 0.2) is 35.7 Å². The zero-order chi connectivity index (χ0) is 22.2. The summed E-state index contributed by atoms with van der Waals surface area (Å²) in [7, 11) is 2.01. The van der Waals surface area contributed by atoms with Crippen molar-refractivity contribution >= 4 is 34.2 Å². The van der Waals surface area contributed by atoms with Crippen LogP contribution in [0.25, 0.3) is 21.6 Å². The molecule has 1 saturated heterocycles. The van der Waals surface area contributed by atoms with Gasteiger partial charge >= 0.3 is 6.09 Å². The Morgan fingerprint density at radius 1 is 1.19 bits per heavy atom. The molecular formula is C23H28N4O3S. The molecule has 1 aliphatic heterocycles. The summed E-state index contributed by atoms with van der Waals surface area (Å²) in [6, 6.07) is 10.3. The third-order valence-electron chi connectivity index (χ3n) is 5.39. The first kappa shape index (κ1) is 21.4. The first-order chi connectivity index (χ1) is 14.7. The number of benzene rings is 1. The molecule has 1 aromatic carbocycles. The number of aryl methyl sites for hydroxylation is 1. The highest BCUT2D eigenvalue weighted by Gasteiger charge is 2.28. The number of nitrogens with zero attached hydrogens (tertiary/aromatic N) is 3. The predicted octanol–water partition coefficient (Wildman–Crippen LogP) is 4.43. The normalized spacial score (nSPS) is 15.3. The molecule has 2 aromatic heterocycles. The molecule has 1 N–H and O–H groups in total. The van der Waals surface area contributed by atoms with E-state index in [1.165, 1.54) is 11.3 Å². The minimum Gasteiger partial charge on any atom is -0.444 e. The van der Waals surface area contributed by atoms with Gasteiger partial charge in [0.25, 0.3) is 5.91 Å². The summed E-state index contributed by atoms with van der Waals surface area (Å²) < 4.78 is 7.53. The van der Waals surface area contributed by atoms with Crippen molar-refractivity contribution in [1.29, 1.82) is 0 Å². The summed E-state index contributed by atoms with van der Waals surface area (Å²) in [6.07, 6.45) is 1.10. The number of carbonyl (C=O) groups is 2. The van der Waals surface area contributed by atoms with Gasteiger partial charge in [0.2, 0.25) is 0 Å². The lowest BCUT2D eigenvalue weighted by atomic mass is 10.1. The van der Waals surface area contributed by atoms with Gasteiger partial charge in [0.05, 0.1) is 5.69 Å². The maximum absolute atomic E-state index is 12.7. The summed E-state index contributed by atoms with van der Waals surface area (Å²) in [5, 5.41) is 6.85. The lowest BCUT2D eigenvalue weighted by Gasteiger charge is -2.33. The van der Waals surface area contributed by atoms with Crippen molar-refractivity contribution in [2.24, 2.45) is 7.05 Å². The molecule has 7 nitrogen and oxygen atoms in total. The second-order valence-corrected chi connectivity index (χ2v) is 9.76. The third kappa shape index (κ3) is 4.74. The molecule has 0 saturated carbocycles. The molecule has 3 heterocycles. The van der Waals surface area contributed by atoms with Gasteiger partial charge in [0.1, 0.15) is 16.3 Å². The van der Waals surface area contributed by atoms with Crippen LogP contribution >= 0.6 is 11.3 Å². The molecule has 31 heavy (non-hydrogen) atoms. The molecule has 0 spiro atoms. The molecule has 8 heteroatoms. The predicted molar refractivity (Wildman–Crippen MR) is 122 cm³/mol. The topological polar surface area (TPSA) is 76.5 Å². The van der Waals surface area contributed by atoms with E-state index >= 15 is 0 Å². The van der Waals surface area contributed by atoms with E-state index in [0.29, 0.717) is 31.6 Å². The van der Waals surface area contributed by atoms with E-state index in [1.54, 1.807) is 10.3 Å². The van der Waals surface area contributed by atoms with Crippen molar-refractivity contribution in [1.82, 2.24) is 19.8 Å². The minimum absolute atomic E-state index is 0.0222. The number of aromatic nitrogens is 2. The highest BCUT2D eigenvalue weighted by Crippen LogP contribution is 2.29. The van der Waals surface area contributed by atoms with Gasteiger partial charge in [-0.3, -0.25) is 4.79 Å². The monoisotopic (exact) mass is 440 g/mol. The van der Waals surface area contributed by atoms with Crippen molar-refractivity contribution in [3.05, 3.63) is 41.4 Å². The molecule has 4 rings (SSSR count). The van der Waals surface area contributed by atoms with Gasteiger partial charge in [0.15, 0.2) is 0 Å². The molecule has 0 atom stereocenters.